The summed E-state index contributed by atoms with van der Waals surface area (Å²) in [6.45, 7) is 2.15. The molecule has 1 aliphatic rings. The Morgan fingerprint density at radius 1 is 1.21 bits per heavy atom. The minimum Gasteiger partial charge on any atom is -0.458 e. The Labute approximate surface area is 109 Å². The molecule has 0 N–H and O–H groups in total. The van der Waals surface area contributed by atoms with Crippen molar-refractivity contribution in [3.63, 3.8) is 0 Å². The molecule has 5 nitrogen and oxygen atoms in total. The summed E-state index contributed by atoms with van der Waals surface area (Å²) in [6.07, 6.45) is 4.49. The van der Waals surface area contributed by atoms with Gasteiger partial charge in [0.05, 0.1) is 16.7 Å². The Kier molecular flexibility index (Phi) is 3.75. The molecule has 5 heteroatoms. The van der Waals surface area contributed by atoms with E-state index in [9.17, 15) is 14.4 Å². The van der Waals surface area contributed by atoms with Gasteiger partial charge in [0.2, 0.25) is 0 Å². The first kappa shape index (κ1) is 13.0. The average molecular weight is 260 g/mol. The van der Waals surface area contributed by atoms with Crippen molar-refractivity contribution in [2.75, 3.05) is 6.61 Å². The average Bonchev–Trinajstić information content (AvgIpc) is 2.69. The highest BCUT2D eigenvalue weighted by atomic mass is 16.6. The van der Waals surface area contributed by atoms with E-state index in [0.717, 1.165) is 6.42 Å². The van der Waals surface area contributed by atoms with Gasteiger partial charge < -0.3 is 9.47 Å². The topological polar surface area (TPSA) is 69.7 Å². The molecule has 98 valence electrons. The number of carbonyl (C=O) groups is 3. The maximum Gasteiger partial charge on any atom is 0.346 e. The van der Waals surface area contributed by atoms with E-state index in [-0.39, 0.29) is 23.3 Å². The molecule has 1 heterocycles. The van der Waals surface area contributed by atoms with Crippen LogP contribution >= 0.6 is 0 Å². The van der Waals surface area contributed by atoms with Gasteiger partial charge in [0.1, 0.15) is 6.61 Å². The van der Waals surface area contributed by atoms with Crippen LogP contribution in [0.2, 0.25) is 0 Å². The zero-order valence-electron chi connectivity index (χ0n) is 10.3. The largest absolute Gasteiger partial charge is 0.458 e. The van der Waals surface area contributed by atoms with Gasteiger partial charge in [-0.3, -0.25) is 0 Å². The van der Waals surface area contributed by atoms with Crippen LogP contribution in [0.25, 0.3) is 0 Å². The van der Waals surface area contributed by atoms with Gasteiger partial charge in [-0.25, -0.2) is 14.4 Å². The number of carbonyl (C=O) groups excluding carboxylic acids is 3. The van der Waals surface area contributed by atoms with Gasteiger partial charge >= 0.3 is 17.9 Å². The summed E-state index contributed by atoms with van der Waals surface area (Å²) >= 11 is 0. The highest BCUT2D eigenvalue weighted by Crippen LogP contribution is 2.21. The van der Waals surface area contributed by atoms with Crippen LogP contribution in [0.4, 0.5) is 0 Å². The van der Waals surface area contributed by atoms with Gasteiger partial charge in [-0.2, -0.15) is 0 Å². The van der Waals surface area contributed by atoms with E-state index in [2.05, 4.69) is 4.74 Å². The number of esters is 3. The maximum atomic E-state index is 11.7. The van der Waals surface area contributed by atoms with Crippen molar-refractivity contribution >= 4 is 17.9 Å². The number of ether oxygens (including phenoxy) is 2. The summed E-state index contributed by atoms with van der Waals surface area (Å²) in [4.78, 5) is 34.3. The van der Waals surface area contributed by atoms with Crippen molar-refractivity contribution in [3.8, 4) is 0 Å². The molecule has 0 fully saturated rings. The first-order valence-corrected chi connectivity index (χ1v) is 5.86. The number of fused-ring (bicyclic) bond motifs is 1. The Hall–Kier alpha value is -2.43. The fraction of sp³-hybridized carbons (Fsp3) is 0.214. The molecule has 0 aliphatic carbocycles. The molecule has 0 radical (unpaired) electrons. The van der Waals surface area contributed by atoms with Crippen molar-refractivity contribution in [2.45, 2.75) is 13.3 Å². The quantitative estimate of drug-likeness (QED) is 0.471. The summed E-state index contributed by atoms with van der Waals surface area (Å²) in [7, 11) is 0. The number of rotatable bonds is 4. The molecule has 0 saturated heterocycles. The molecule has 1 aliphatic heterocycles. The SMILES string of the molecule is CC/C=C/COC(=O)c1ccc2c(c1)C(=O)OC2=O. The van der Waals surface area contributed by atoms with E-state index in [1.807, 2.05) is 13.0 Å². The molecular weight excluding hydrogens is 248 g/mol. The van der Waals surface area contributed by atoms with E-state index >= 15 is 0 Å². The third-order valence-electron chi connectivity index (χ3n) is 2.59. The number of hydrogen-bond donors (Lipinski definition) is 0. The highest BCUT2D eigenvalue weighted by Gasteiger charge is 2.30. The molecule has 19 heavy (non-hydrogen) atoms. The molecule has 0 amide bonds. The predicted molar refractivity (Wildman–Crippen MR) is 65.9 cm³/mol. The van der Waals surface area contributed by atoms with Crippen molar-refractivity contribution in [1.29, 1.82) is 0 Å². The summed E-state index contributed by atoms with van der Waals surface area (Å²) in [5.74, 6) is -1.97. The molecule has 0 bridgehead atoms. The predicted octanol–water partition coefficient (Wildman–Crippen LogP) is 2.12. The molecular formula is C14H12O5. The minimum atomic E-state index is -0.736. The van der Waals surface area contributed by atoms with Crippen molar-refractivity contribution < 1.29 is 23.9 Å². The smallest absolute Gasteiger partial charge is 0.346 e. The summed E-state index contributed by atoms with van der Waals surface area (Å²) < 4.78 is 9.43. The van der Waals surface area contributed by atoms with Gasteiger partial charge in [-0.05, 0) is 24.6 Å². The monoisotopic (exact) mass is 260 g/mol. The van der Waals surface area contributed by atoms with E-state index in [0.29, 0.717) is 0 Å². The second-order valence-electron chi connectivity index (χ2n) is 3.92. The lowest BCUT2D eigenvalue weighted by Crippen LogP contribution is -2.06. The van der Waals surface area contributed by atoms with Crippen LogP contribution in [-0.4, -0.2) is 24.5 Å². The van der Waals surface area contributed by atoms with E-state index in [1.165, 1.54) is 18.2 Å². The molecule has 2 rings (SSSR count). The van der Waals surface area contributed by atoms with Crippen molar-refractivity contribution in [2.24, 2.45) is 0 Å². The number of benzene rings is 1. The van der Waals surface area contributed by atoms with Crippen LogP contribution in [0.1, 0.15) is 44.4 Å². The molecule has 0 atom stereocenters. The Balaban J connectivity index is 2.12. The third-order valence-corrected chi connectivity index (χ3v) is 2.59. The molecule has 1 aromatic carbocycles. The zero-order chi connectivity index (χ0) is 13.8. The van der Waals surface area contributed by atoms with Crippen LogP contribution in [0.5, 0.6) is 0 Å². The fourth-order valence-corrected chi connectivity index (χ4v) is 1.65. The first-order valence-electron chi connectivity index (χ1n) is 5.86. The lowest BCUT2D eigenvalue weighted by molar-refractivity contribution is 0.0443. The second kappa shape index (κ2) is 5.48. The second-order valence-corrected chi connectivity index (χ2v) is 3.92. The Morgan fingerprint density at radius 3 is 2.68 bits per heavy atom. The number of hydrogen-bond acceptors (Lipinski definition) is 5. The van der Waals surface area contributed by atoms with Crippen LogP contribution in [0.15, 0.2) is 30.4 Å². The Bertz CT molecular complexity index is 571. The maximum absolute atomic E-state index is 11.7. The van der Waals surface area contributed by atoms with Gasteiger partial charge in [0, 0.05) is 0 Å². The van der Waals surface area contributed by atoms with Gasteiger partial charge in [0.15, 0.2) is 0 Å². The van der Waals surface area contributed by atoms with Gasteiger partial charge in [0.25, 0.3) is 0 Å². The van der Waals surface area contributed by atoms with Crippen LogP contribution < -0.4 is 0 Å². The molecule has 0 spiro atoms. The minimum absolute atomic E-state index is 0.101. The van der Waals surface area contributed by atoms with E-state index in [4.69, 9.17) is 4.74 Å². The van der Waals surface area contributed by atoms with Crippen molar-refractivity contribution in [1.82, 2.24) is 0 Å². The van der Waals surface area contributed by atoms with E-state index in [1.54, 1.807) is 6.08 Å². The summed E-state index contributed by atoms with van der Waals surface area (Å²) in [6, 6.07) is 4.14. The first-order chi connectivity index (χ1) is 9.13. The zero-order valence-corrected chi connectivity index (χ0v) is 10.3. The van der Waals surface area contributed by atoms with Gasteiger partial charge in [-0.15, -0.1) is 0 Å². The molecule has 0 aromatic heterocycles. The van der Waals surface area contributed by atoms with Crippen LogP contribution in [-0.2, 0) is 9.47 Å². The fourth-order valence-electron chi connectivity index (χ4n) is 1.65. The standard InChI is InChI=1S/C14H12O5/c1-2-3-4-7-18-12(15)9-5-6-10-11(8-9)14(17)19-13(10)16/h3-6,8H,2,7H2,1H3/b4-3+. The summed E-state index contributed by atoms with van der Waals surface area (Å²) in [5, 5.41) is 0. The number of allylic oxidation sites excluding steroid dienone is 1. The van der Waals surface area contributed by atoms with Crippen LogP contribution in [0, 0.1) is 0 Å². The normalized spacial score (nSPS) is 13.5. The third kappa shape index (κ3) is 2.70. The lowest BCUT2D eigenvalue weighted by atomic mass is 10.1. The molecule has 0 unspecified atom stereocenters. The van der Waals surface area contributed by atoms with Crippen LogP contribution in [0.3, 0.4) is 0 Å². The highest BCUT2D eigenvalue weighted by molar-refractivity contribution is 6.15. The van der Waals surface area contributed by atoms with Gasteiger partial charge in [-0.1, -0.05) is 19.1 Å². The molecule has 1 aromatic rings. The van der Waals surface area contributed by atoms with Crippen molar-refractivity contribution in [3.05, 3.63) is 47.0 Å². The molecule has 0 saturated carbocycles. The van der Waals surface area contributed by atoms with E-state index < -0.39 is 17.9 Å². The lowest BCUT2D eigenvalue weighted by Gasteiger charge is -2.02. The number of cyclic esters (lactones) is 2. The summed E-state index contributed by atoms with van der Waals surface area (Å²) in [5.41, 5.74) is 0.492. The Morgan fingerprint density at radius 2 is 1.95 bits per heavy atom.